The number of hydrogen-bond donors (Lipinski definition) is 2. The molecule has 0 aliphatic carbocycles. The number of aliphatic hydroxyl groups excluding tert-OH is 1. The van der Waals surface area contributed by atoms with Crippen LogP contribution in [0.2, 0.25) is 0 Å². The summed E-state index contributed by atoms with van der Waals surface area (Å²) in [6, 6.07) is 8.28. The number of aliphatic hydroxyl groups is 1. The Morgan fingerprint density at radius 1 is 1.35 bits per heavy atom. The fourth-order valence-electron chi connectivity index (χ4n) is 1.59. The molecule has 1 aromatic carbocycles. The quantitative estimate of drug-likeness (QED) is 0.824. The maximum absolute atomic E-state index is 11.9. The highest BCUT2D eigenvalue weighted by molar-refractivity contribution is 5.81. The molecule has 1 rings (SSSR count). The first-order chi connectivity index (χ1) is 9.47. The Kier molecular flexibility index (Phi) is 6.01. The molecule has 108 valence electrons. The summed E-state index contributed by atoms with van der Waals surface area (Å²) in [6.07, 6.45) is -0.671. The van der Waals surface area contributed by atoms with Crippen LogP contribution >= 0.6 is 0 Å². The van der Waals surface area contributed by atoms with Gasteiger partial charge in [-0.1, -0.05) is 13.8 Å². The second-order valence-electron chi connectivity index (χ2n) is 4.94. The molecule has 0 aliphatic rings. The molecule has 0 aliphatic heterocycles. The lowest BCUT2D eigenvalue weighted by molar-refractivity contribution is -0.128. The molecule has 0 fully saturated rings. The second-order valence-corrected chi connectivity index (χ2v) is 4.94. The number of carbonyl (C=O) groups excluding carboxylic acids is 1. The molecule has 0 aromatic heterocycles. The van der Waals surface area contributed by atoms with Gasteiger partial charge in [-0.15, -0.1) is 0 Å². The third-order valence-electron chi connectivity index (χ3n) is 2.99. The first-order valence-corrected chi connectivity index (χ1v) is 6.56. The van der Waals surface area contributed by atoms with Crippen LogP contribution in [0.3, 0.4) is 0 Å². The first-order valence-electron chi connectivity index (χ1n) is 6.56. The smallest absolute Gasteiger partial charge is 0.261 e. The van der Waals surface area contributed by atoms with E-state index in [1.807, 2.05) is 19.9 Å². The number of ether oxygens (including phenoxy) is 1. The minimum atomic E-state index is -0.671. The minimum absolute atomic E-state index is 0.104. The van der Waals surface area contributed by atoms with Crippen LogP contribution in [-0.2, 0) is 4.79 Å². The van der Waals surface area contributed by atoms with Crippen LogP contribution in [0.1, 0.15) is 26.3 Å². The minimum Gasteiger partial charge on any atom is -0.481 e. The number of benzene rings is 1. The van der Waals surface area contributed by atoms with E-state index in [2.05, 4.69) is 5.32 Å². The predicted octanol–water partition coefficient (Wildman–Crippen LogP) is 1.46. The topological polar surface area (TPSA) is 82.3 Å². The molecular weight excluding hydrogens is 256 g/mol. The van der Waals surface area contributed by atoms with Gasteiger partial charge in [-0.05, 0) is 37.1 Å². The van der Waals surface area contributed by atoms with Crippen LogP contribution < -0.4 is 10.1 Å². The average molecular weight is 276 g/mol. The Morgan fingerprint density at radius 3 is 2.40 bits per heavy atom. The highest BCUT2D eigenvalue weighted by Crippen LogP contribution is 2.13. The fraction of sp³-hybridized carbons (Fsp3) is 0.467. The van der Waals surface area contributed by atoms with E-state index in [1.54, 1.807) is 31.2 Å². The van der Waals surface area contributed by atoms with Gasteiger partial charge in [-0.25, -0.2) is 0 Å². The lowest BCUT2D eigenvalue weighted by Crippen LogP contribution is -2.46. The van der Waals surface area contributed by atoms with Crippen molar-refractivity contribution in [3.8, 4) is 11.8 Å². The number of amides is 1. The summed E-state index contributed by atoms with van der Waals surface area (Å²) < 4.78 is 5.50. The van der Waals surface area contributed by atoms with E-state index in [0.717, 1.165) is 0 Å². The number of hydrogen-bond acceptors (Lipinski definition) is 4. The molecule has 2 N–H and O–H groups in total. The number of rotatable bonds is 6. The Bertz CT molecular complexity index is 477. The lowest BCUT2D eigenvalue weighted by Gasteiger charge is -2.22. The van der Waals surface area contributed by atoms with Crippen molar-refractivity contribution in [1.29, 1.82) is 5.26 Å². The van der Waals surface area contributed by atoms with Gasteiger partial charge in [-0.2, -0.15) is 5.26 Å². The van der Waals surface area contributed by atoms with Gasteiger partial charge in [0.15, 0.2) is 6.10 Å². The molecule has 2 atom stereocenters. The molecule has 5 nitrogen and oxygen atoms in total. The van der Waals surface area contributed by atoms with Crippen LogP contribution in [0.25, 0.3) is 0 Å². The summed E-state index contributed by atoms with van der Waals surface area (Å²) in [4.78, 5) is 11.9. The molecule has 20 heavy (non-hydrogen) atoms. The van der Waals surface area contributed by atoms with Crippen molar-refractivity contribution in [2.24, 2.45) is 5.92 Å². The Labute approximate surface area is 119 Å². The summed E-state index contributed by atoms with van der Waals surface area (Å²) in [5.74, 6) is 0.393. The van der Waals surface area contributed by atoms with Gasteiger partial charge < -0.3 is 15.2 Å². The van der Waals surface area contributed by atoms with Gasteiger partial charge in [0, 0.05) is 0 Å². The number of nitriles is 1. The van der Waals surface area contributed by atoms with Crippen LogP contribution in [-0.4, -0.2) is 29.8 Å². The molecule has 0 spiro atoms. The maximum atomic E-state index is 11.9. The van der Waals surface area contributed by atoms with Gasteiger partial charge in [-0.3, -0.25) is 4.79 Å². The first kappa shape index (κ1) is 16.0. The fourth-order valence-corrected chi connectivity index (χ4v) is 1.59. The number of nitrogens with zero attached hydrogens (tertiary/aromatic N) is 1. The number of carbonyl (C=O) groups is 1. The summed E-state index contributed by atoms with van der Waals surface area (Å²) in [5, 5.41) is 20.6. The molecule has 0 saturated heterocycles. The second kappa shape index (κ2) is 7.51. The summed E-state index contributed by atoms with van der Waals surface area (Å²) in [5.41, 5.74) is 0.537. The Hall–Kier alpha value is -2.06. The van der Waals surface area contributed by atoms with Gasteiger partial charge in [0.05, 0.1) is 24.3 Å². The third kappa shape index (κ3) is 4.56. The normalized spacial score (nSPS) is 13.4. The molecule has 5 heteroatoms. The standard InChI is InChI=1S/C15H20N2O3/c1-10(2)14(9-18)17-15(19)11(3)20-13-6-4-12(8-16)5-7-13/h4-7,10-11,14,18H,9H2,1-3H3,(H,17,19)/t11?,14-/m1/s1. The summed E-state index contributed by atoms with van der Waals surface area (Å²) in [7, 11) is 0. The zero-order chi connectivity index (χ0) is 15.1. The van der Waals surface area contributed by atoms with E-state index >= 15 is 0 Å². The average Bonchev–Trinajstić information content (AvgIpc) is 2.44. The van der Waals surface area contributed by atoms with Crippen molar-refractivity contribution in [3.63, 3.8) is 0 Å². The third-order valence-corrected chi connectivity index (χ3v) is 2.99. The van der Waals surface area contributed by atoms with Crippen LogP contribution in [0, 0.1) is 17.2 Å². The van der Waals surface area contributed by atoms with Gasteiger partial charge in [0.25, 0.3) is 5.91 Å². The SMILES string of the molecule is CC(Oc1ccc(C#N)cc1)C(=O)N[C@H](CO)C(C)C. The monoisotopic (exact) mass is 276 g/mol. The summed E-state index contributed by atoms with van der Waals surface area (Å²) in [6.45, 7) is 5.38. The van der Waals surface area contributed by atoms with Gasteiger partial charge >= 0.3 is 0 Å². The van der Waals surface area contributed by atoms with Crippen molar-refractivity contribution >= 4 is 5.91 Å². The van der Waals surface area contributed by atoms with E-state index in [-0.39, 0.29) is 24.5 Å². The van der Waals surface area contributed by atoms with Crippen LogP contribution in [0.4, 0.5) is 0 Å². The van der Waals surface area contributed by atoms with E-state index in [0.29, 0.717) is 11.3 Å². The van der Waals surface area contributed by atoms with Crippen LogP contribution in [0.5, 0.6) is 5.75 Å². The maximum Gasteiger partial charge on any atom is 0.261 e. The molecule has 0 saturated carbocycles. The van der Waals surface area contributed by atoms with Crippen molar-refractivity contribution in [1.82, 2.24) is 5.32 Å². The number of nitrogens with one attached hydrogen (secondary N) is 1. The van der Waals surface area contributed by atoms with Crippen molar-refractivity contribution < 1.29 is 14.6 Å². The van der Waals surface area contributed by atoms with Crippen molar-refractivity contribution in [2.75, 3.05) is 6.61 Å². The molecule has 0 radical (unpaired) electrons. The van der Waals surface area contributed by atoms with E-state index < -0.39 is 6.10 Å². The van der Waals surface area contributed by atoms with E-state index in [9.17, 15) is 9.90 Å². The molecular formula is C15H20N2O3. The zero-order valence-electron chi connectivity index (χ0n) is 12.0. The van der Waals surface area contributed by atoms with Crippen molar-refractivity contribution in [3.05, 3.63) is 29.8 Å². The van der Waals surface area contributed by atoms with Gasteiger partial charge in [0.1, 0.15) is 5.75 Å². The van der Waals surface area contributed by atoms with Gasteiger partial charge in [0.2, 0.25) is 0 Å². The largest absolute Gasteiger partial charge is 0.481 e. The highest BCUT2D eigenvalue weighted by Gasteiger charge is 2.20. The zero-order valence-corrected chi connectivity index (χ0v) is 12.0. The Balaban J connectivity index is 2.58. The molecule has 0 bridgehead atoms. The molecule has 1 aromatic rings. The lowest BCUT2D eigenvalue weighted by atomic mass is 10.1. The molecule has 0 heterocycles. The summed E-state index contributed by atoms with van der Waals surface area (Å²) >= 11 is 0. The van der Waals surface area contributed by atoms with E-state index in [1.165, 1.54) is 0 Å². The predicted molar refractivity (Wildman–Crippen MR) is 75.1 cm³/mol. The molecule has 1 amide bonds. The van der Waals surface area contributed by atoms with Crippen LogP contribution in [0.15, 0.2) is 24.3 Å². The Morgan fingerprint density at radius 2 is 1.95 bits per heavy atom. The molecule has 1 unspecified atom stereocenters. The van der Waals surface area contributed by atoms with Crippen molar-refractivity contribution in [2.45, 2.75) is 32.9 Å². The highest BCUT2D eigenvalue weighted by atomic mass is 16.5. The van der Waals surface area contributed by atoms with E-state index in [4.69, 9.17) is 10.00 Å².